The number of hydrogen-bond acceptors (Lipinski definition) is 4. The first-order valence-electron chi connectivity index (χ1n) is 10.0. The molecule has 0 amide bonds. The van der Waals surface area contributed by atoms with Gasteiger partial charge in [0.25, 0.3) is 10.0 Å². The van der Waals surface area contributed by atoms with Gasteiger partial charge in [-0.15, -0.1) is 0 Å². The maximum absolute atomic E-state index is 13.7. The largest absolute Gasteiger partial charge is 0.289 e. The lowest BCUT2D eigenvalue weighted by Gasteiger charge is -2.10. The van der Waals surface area contributed by atoms with Crippen LogP contribution in [0.2, 0.25) is 0 Å². The summed E-state index contributed by atoms with van der Waals surface area (Å²) >= 11 is 0. The highest BCUT2D eigenvalue weighted by Crippen LogP contribution is 2.30. The van der Waals surface area contributed by atoms with E-state index in [9.17, 15) is 13.2 Å². The molecule has 0 saturated heterocycles. The molecule has 5 aromatic rings. The summed E-state index contributed by atoms with van der Waals surface area (Å²) in [4.78, 5) is 16.6. The molecule has 6 heteroatoms. The minimum atomic E-state index is -3.87. The van der Waals surface area contributed by atoms with Crippen LogP contribution in [0, 0.1) is 0 Å². The molecule has 32 heavy (non-hydrogen) atoms. The number of ketones is 1. The second kappa shape index (κ2) is 7.90. The quantitative estimate of drug-likeness (QED) is 0.275. The molecule has 2 heterocycles. The van der Waals surface area contributed by atoms with E-state index in [4.69, 9.17) is 0 Å². The monoisotopic (exact) mass is 438 g/mol. The van der Waals surface area contributed by atoms with Gasteiger partial charge in [-0.3, -0.25) is 9.78 Å². The summed E-state index contributed by atoms with van der Waals surface area (Å²) in [5.74, 6) is -0.179. The maximum Gasteiger partial charge on any atom is 0.268 e. The van der Waals surface area contributed by atoms with Crippen molar-refractivity contribution in [1.29, 1.82) is 0 Å². The van der Waals surface area contributed by atoms with Crippen molar-refractivity contribution in [3.05, 3.63) is 115 Å². The lowest BCUT2D eigenvalue weighted by atomic mass is 10.1. The van der Waals surface area contributed by atoms with Gasteiger partial charge in [0, 0.05) is 40.5 Å². The minimum Gasteiger partial charge on any atom is -0.289 e. The molecule has 2 aromatic heterocycles. The van der Waals surface area contributed by atoms with Crippen LogP contribution in [0.1, 0.15) is 15.9 Å². The van der Waals surface area contributed by atoms with Gasteiger partial charge in [-0.2, -0.15) is 0 Å². The van der Waals surface area contributed by atoms with E-state index in [1.807, 2.05) is 42.5 Å². The van der Waals surface area contributed by atoms with Crippen LogP contribution in [0.25, 0.3) is 27.8 Å². The zero-order valence-electron chi connectivity index (χ0n) is 16.9. The third-order valence-corrected chi connectivity index (χ3v) is 7.11. The Labute approximate surface area is 185 Å². The molecule has 0 bridgehead atoms. The molecule has 0 unspecified atom stereocenters. The number of carbonyl (C=O) groups excluding carboxylic acids is 1. The number of para-hydroxylation sites is 1. The topological polar surface area (TPSA) is 69.0 Å². The molecule has 0 N–H and O–H groups in total. The smallest absolute Gasteiger partial charge is 0.268 e. The van der Waals surface area contributed by atoms with Gasteiger partial charge in [0.2, 0.25) is 0 Å². The van der Waals surface area contributed by atoms with Crippen molar-refractivity contribution in [2.24, 2.45) is 0 Å². The van der Waals surface area contributed by atoms with Crippen LogP contribution in [0.15, 0.2) is 108 Å². The summed E-state index contributed by atoms with van der Waals surface area (Å²) in [5, 5.41) is 2.26. The second-order valence-corrected chi connectivity index (χ2v) is 9.10. The second-order valence-electron chi connectivity index (χ2n) is 7.31. The van der Waals surface area contributed by atoms with Gasteiger partial charge < -0.3 is 0 Å². The predicted octanol–water partition coefficient (Wildman–Crippen LogP) is 5.32. The molecular formula is C26H18N2O3S. The van der Waals surface area contributed by atoms with Gasteiger partial charge >= 0.3 is 0 Å². The van der Waals surface area contributed by atoms with Gasteiger partial charge in [0.05, 0.1) is 10.4 Å². The van der Waals surface area contributed by atoms with E-state index >= 15 is 0 Å². The number of aromatic nitrogens is 2. The van der Waals surface area contributed by atoms with Gasteiger partial charge in [0.1, 0.15) is 0 Å². The Hall–Kier alpha value is -4.03. The van der Waals surface area contributed by atoms with E-state index < -0.39 is 10.0 Å². The molecule has 0 radical (unpaired) electrons. The molecule has 0 spiro atoms. The van der Waals surface area contributed by atoms with Crippen molar-refractivity contribution in [2.75, 3.05) is 0 Å². The van der Waals surface area contributed by atoms with Gasteiger partial charge in [-0.1, -0.05) is 54.6 Å². The molecule has 0 aliphatic carbocycles. The highest BCUT2D eigenvalue weighted by molar-refractivity contribution is 7.90. The minimum absolute atomic E-state index is 0.179. The van der Waals surface area contributed by atoms with Crippen LogP contribution >= 0.6 is 0 Å². The van der Waals surface area contributed by atoms with Crippen LogP contribution in [0.4, 0.5) is 0 Å². The van der Waals surface area contributed by atoms with E-state index in [0.29, 0.717) is 22.0 Å². The van der Waals surface area contributed by atoms with Crippen molar-refractivity contribution >= 4 is 43.6 Å². The highest BCUT2D eigenvalue weighted by Gasteiger charge is 2.22. The normalized spacial score (nSPS) is 12.0. The van der Waals surface area contributed by atoms with Crippen LogP contribution in [-0.2, 0) is 10.0 Å². The Morgan fingerprint density at radius 1 is 0.812 bits per heavy atom. The zero-order chi connectivity index (χ0) is 22.1. The summed E-state index contributed by atoms with van der Waals surface area (Å²) < 4.78 is 28.7. The van der Waals surface area contributed by atoms with Crippen molar-refractivity contribution < 1.29 is 13.2 Å². The van der Waals surface area contributed by atoms with E-state index in [0.717, 1.165) is 10.8 Å². The summed E-state index contributed by atoms with van der Waals surface area (Å²) in [5.41, 5.74) is 1.71. The summed E-state index contributed by atoms with van der Waals surface area (Å²) in [6, 6.07) is 23.2. The Bertz CT molecular complexity index is 1600. The average Bonchev–Trinajstić information content (AvgIpc) is 3.22. The Morgan fingerprint density at radius 3 is 2.31 bits per heavy atom. The van der Waals surface area contributed by atoms with E-state index in [-0.39, 0.29) is 10.7 Å². The first-order valence-corrected chi connectivity index (χ1v) is 11.5. The van der Waals surface area contributed by atoms with E-state index in [2.05, 4.69) is 4.98 Å². The summed E-state index contributed by atoms with van der Waals surface area (Å²) in [6.07, 6.45) is 7.79. The lowest BCUT2D eigenvalue weighted by molar-refractivity contribution is 0.104. The standard InChI is InChI=1S/C26H18N2O3S/c29-25(20-14-16-27-17-15-20)13-12-21-18-28(24-10-4-3-8-22(21)24)32(30,31)26-11-5-7-19-6-1-2-9-23(19)26/h1-18H/b13-12+. The Kier molecular flexibility index (Phi) is 4.92. The molecule has 0 atom stereocenters. The molecule has 0 aliphatic heterocycles. The molecule has 5 rings (SSSR count). The fourth-order valence-corrected chi connectivity index (χ4v) is 5.41. The SMILES string of the molecule is O=C(/C=C/c1cn(S(=O)(=O)c2cccc3ccccc23)c2ccccc12)c1ccncc1. The van der Waals surface area contributed by atoms with Crippen LogP contribution in [0.3, 0.4) is 0 Å². The number of pyridine rings is 1. The van der Waals surface area contributed by atoms with Crippen molar-refractivity contribution in [3.63, 3.8) is 0 Å². The van der Waals surface area contributed by atoms with Crippen molar-refractivity contribution in [2.45, 2.75) is 4.90 Å². The molecular weight excluding hydrogens is 420 g/mol. The first-order chi connectivity index (χ1) is 15.6. The fraction of sp³-hybridized carbons (Fsp3) is 0. The molecule has 0 aliphatic rings. The molecule has 5 nitrogen and oxygen atoms in total. The molecule has 3 aromatic carbocycles. The Balaban J connectivity index is 1.64. The van der Waals surface area contributed by atoms with Crippen molar-refractivity contribution in [3.8, 4) is 0 Å². The zero-order valence-corrected chi connectivity index (χ0v) is 17.7. The lowest BCUT2D eigenvalue weighted by Crippen LogP contribution is -2.12. The highest BCUT2D eigenvalue weighted by atomic mass is 32.2. The fourth-order valence-electron chi connectivity index (χ4n) is 3.81. The number of benzene rings is 3. The third kappa shape index (κ3) is 3.40. The predicted molar refractivity (Wildman–Crippen MR) is 126 cm³/mol. The number of hydrogen-bond donors (Lipinski definition) is 0. The van der Waals surface area contributed by atoms with E-state index in [1.54, 1.807) is 61.1 Å². The Morgan fingerprint density at radius 2 is 1.50 bits per heavy atom. The van der Waals surface area contributed by atoms with E-state index in [1.165, 1.54) is 10.0 Å². The number of rotatable bonds is 5. The number of carbonyl (C=O) groups is 1. The first kappa shape index (κ1) is 19.9. The third-order valence-electron chi connectivity index (χ3n) is 5.37. The van der Waals surface area contributed by atoms with Crippen LogP contribution < -0.4 is 0 Å². The van der Waals surface area contributed by atoms with Crippen molar-refractivity contribution in [1.82, 2.24) is 8.96 Å². The summed E-state index contributed by atoms with van der Waals surface area (Å²) in [6.45, 7) is 0. The number of allylic oxidation sites excluding steroid dienone is 1. The van der Waals surface area contributed by atoms with Crippen LogP contribution in [-0.4, -0.2) is 23.2 Å². The molecule has 0 saturated carbocycles. The molecule has 156 valence electrons. The van der Waals surface area contributed by atoms with Gasteiger partial charge in [0.15, 0.2) is 5.78 Å². The van der Waals surface area contributed by atoms with Gasteiger partial charge in [-0.25, -0.2) is 12.4 Å². The average molecular weight is 439 g/mol. The van der Waals surface area contributed by atoms with Crippen LogP contribution in [0.5, 0.6) is 0 Å². The van der Waals surface area contributed by atoms with Gasteiger partial charge in [-0.05, 0) is 41.8 Å². The molecule has 0 fully saturated rings. The summed E-state index contributed by atoms with van der Waals surface area (Å²) in [7, 11) is -3.87. The number of nitrogens with zero attached hydrogens (tertiary/aromatic N) is 2. The maximum atomic E-state index is 13.7. The number of fused-ring (bicyclic) bond motifs is 2.